The van der Waals surface area contributed by atoms with Crippen molar-refractivity contribution in [3.63, 3.8) is 0 Å². The van der Waals surface area contributed by atoms with Crippen LogP contribution in [0.15, 0.2) is 28.8 Å². The first-order valence-electron chi connectivity index (χ1n) is 6.29. The SMILES string of the molecule is Fc1ccccc1Oc1noc([C@H]2CCCNC2)n1. The van der Waals surface area contributed by atoms with Crippen molar-refractivity contribution in [2.75, 3.05) is 13.1 Å². The predicted molar refractivity (Wildman–Crippen MR) is 65.6 cm³/mol. The lowest BCUT2D eigenvalue weighted by Gasteiger charge is -2.18. The Labute approximate surface area is 109 Å². The summed E-state index contributed by atoms with van der Waals surface area (Å²) in [5.74, 6) is 0.391. The van der Waals surface area contributed by atoms with Gasteiger partial charge in [-0.25, -0.2) is 4.39 Å². The zero-order valence-corrected chi connectivity index (χ0v) is 10.3. The monoisotopic (exact) mass is 263 g/mol. The van der Waals surface area contributed by atoms with Crippen molar-refractivity contribution in [2.45, 2.75) is 18.8 Å². The molecule has 0 amide bonds. The summed E-state index contributed by atoms with van der Waals surface area (Å²) in [6.07, 6.45) is 2.09. The van der Waals surface area contributed by atoms with Crippen LogP contribution in [0.1, 0.15) is 24.7 Å². The van der Waals surface area contributed by atoms with Crippen molar-refractivity contribution in [1.82, 2.24) is 15.5 Å². The second kappa shape index (κ2) is 5.36. The third-order valence-corrected chi connectivity index (χ3v) is 3.11. The Morgan fingerprint density at radius 3 is 3.05 bits per heavy atom. The number of hydrogen-bond donors (Lipinski definition) is 1. The van der Waals surface area contributed by atoms with Gasteiger partial charge in [0.25, 0.3) is 0 Å². The molecule has 2 heterocycles. The van der Waals surface area contributed by atoms with Crippen molar-refractivity contribution >= 4 is 0 Å². The fourth-order valence-corrected chi connectivity index (χ4v) is 2.12. The van der Waals surface area contributed by atoms with Crippen LogP contribution in [-0.4, -0.2) is 23.2 Å². The molecule has 6 heteroatoms. The van der Waals surface area contributed by atoms with Crippen LogP contribution in [0.2, 0.25) is 0 Å². The number of rotatable bonds is 3. The number of nitrogens with one attached hydrogen (secondary N) is 1. The van der Waals surface area contributed by atoms with Gasteiger partial charge in [0.15, 0.2) is 11.6 Å². The van der Waals surface area contributed by atoms with Gasteiger partial charge < -0.3 is 14.6 Å². The second-order valence-corrected chi connectivity index (χ2v) is 4.49. The Morgan fingerprint density at radius 2 is 2.26 bits per heavy atom. The topological polar surface area (TPSA) is 60.2 Å². The van der Waals surface area contributed by atoms with Crippen LogP contribution < -0.4 is 10.1 Å². The first-order chi connectivity index (χ1) is 9.33. The smallest absolute Gasteiger partial charge is 0.359 e. The van der Waals surface area contributed by atoms with Crippen molar-refractivity contribution in [2.24, 2.45) is 0 Å². The molecule has 0 saturated carbocycles. The van der Waals surface area contributed by atoms with Gasteiger partial charge in [-0.05, 0) is 36.7 Å². The molecule has 1 aromatic carbocycles. The van der Waals surface area contributed by atoms with Gasteiger partial charge in [0.2, 0.25) is 5.89 Å². The molecule has 1 aliphatic heterocycles. The Hall–Kier alpha value is -1.95. The minimum atomic E-state index is -0.451. The van der Waals surface area contributed by atoms with Gasteiger partial charge in [-0.1, -0.05) is 12.1 Å². The van der Waals surface area contributed by atoms with Crippen LogP contribution >= 0.6 is 0 Å². The lowest BCUT2D eigenvalue weighted by molar-refractivity contribution is 0.309. The number of hydrogen-bond acceptors (Lipinski definition) is 5. The van der Waals surface area contributed by atoms with Crippen molar-refractivity contribution in [3.05, 3.63) is 36.0 Å². The van der Waals surface area contributed by atoms with Gasteiger partial charge in [0.1, 0.15) is 0 Å². The highest BCUT2D eigenvalue weighted by Crippen LogP contribution is 2.26. The number of halogens is 1. The highest BCUT2D eigenvalue weighted by Gasteiger charge is 2.22. The van der Waals surface area contributed by atoms with E-state index in [1.54, 1.807) is 12.1 Å². The van der Waals surface area contributed by atoms with Crippen molar-refractivity contribution in [3.8, 4) is 11.8 Å². The Morgan fingerprint density at radius 1 is 1.37 bits per heavy atom. The molecule has 3 rings (SSSR count). The first kappa shape index (κ1) is 12.1. The molecule has 19 heavy (non-hydrogen) atoms. The van der Waals surface area contributed by atoms with Crippen LogP contribution in [0, 0.1) is 5.82 Å². The number of ether oxygens (including phenoxy) is 1. The van der Waals surface area contributed by atoms with Crippen LogP contribution in [0.4, 0.5) is 4.39 Å². The van der Waals surface area contributed by atoms with Crippen LogP contribution in [0.3, 0.4) is 0 Å². The van der Waals surface area contributed by atoms with E-state index in [4.69, 9.17) is 9.26 Å². The number of para-hydroxylation sites is 1. The van der Waals surface area contributed by atoms with Gasteiger partial charge in [-0.2, -0.15) is 4.98 Å². The molecular weight excluding hydrogens is 249 g/mol. The molecule has 0 unspecified atom stereocenters. The van der Waals surface area contributed by atoms with E-state index in [1.165, 1.54) is 12.1 Å². The van der Waals surface area contributed by atoms with E-state index in [1.807, 2.05) is 0 Å². The number of nitrogens with zero attached hydrogens (tertiary/aromatic N) is 2. The van der Waals surface area contributed by atoms with E-state index in [0.717, 1.165) is 25.9 Å². The van der Waals surface area contributed by atoms with Crippen LogP contribution in [-0.2, 0) is 0 Å². The maximum Gasteiger partial charge on any atom is 0.359 e. The standard InChI is InChI=1S/C13H14FN3O2/c14-10-5-1-2-6-11(10)18-13-16-12(19-17-13)9-4-3-7-15-8-9/h1-2,5-6,9,15H,3-4,7-8H2/t9-/m0/s1. The third kappa shape index (κ3) is 2.73. The zero-order valence-electron chi connectivity index (χ0n) is 10.3. The van der Waals surface area contributed by atoms with E-state index < -0.39 is 5.82 Å². The van der Waals surface area contributed by atoms with E-state index in [2.05, 4.69) is 15.5 Å². The molecule has 0 bridgehead atoms. The molecule has 1 fully saturated rings. The Kier molecular flexibility index (Phi) is 3.41. The molecule has 2 aromatic rings. The van der Waals surface area contributed by atoms with E-state index in [0.29, 0.717) is 5.89 Å². The molecule has 100 valence electrons. The lowest BCUT2D eigenvalue weighted by Crippen LogP contribution is -2.28. The summed E-state index contributed by atoms with van der Waals surface area (Å²) in [5.41, 5.74) is 0. The average Bonchev–Trinajstić information content (AvgIpc) is 2.91. The summed E-state index contributed by atoms with van der Waals surface area (Å²) in [6, 6.07) is 6.17. The molecule has 1 aliphatic rings. The number of benzene rings is 1. The molecular formula is C13H14FN3O2. The van der Waals surface area contributed by atoms with Gasteiger partial charge >= 0.3 is 6.01 Å². The van der Waals surface area contributed by atoms with Gasteiger partial charge in [-0.15, -0.1) is 0 Å². The second-order valence-electron chi connectivity index (χ2n) is 4.49. The molecule has 0 radical (unpaired) electrons. The summed E-state index contributed by atoms with van der Waals surface area (Å²) in [5, 5.41) is 7.00. The van der Waals surface area contributed by atoms with Gasteiger partial charge in [0.05, 0.1) is 5.92 Å². The maximum absolute atomic E-state index is 13.4. The largest absolute Gasteiger partial charge is 0.419 e. The molecule has 1 atom stereocenters. The summed E-state index contributed by atoms with van der Waals surface area (Å²) in [4.78, 5) is 4.16. The lowest BCUT2D eigenvalue weighted by atomic mass is 10.00. The minimum absolute atomic E-state index is 0.0469. The summed E-state index contributed by atoms with van der Waals surface area (Å²) in [7, 11) is 0. The third-order valence-electron chi connectivity index (χ3n) is 3.11. The fraction of sp³-hybridized carbons (Fsp3) is 0.385. The fourth-order valence-electron chi connectivity index (χ4n) is 2.12. The van der Waals surface area contributed by atoms with Crippen LogP contribution in [0.25, 0.3) is 0 Å². The average molecular weight is 263 g/mol. The highest BCUT2D eigenvalue weighted by molar-refractivity contribution is 5.26. The molecule has 0 aliphatic carbocycles. The summed E-state index contributed by atoms with van der Waals surface area (Å²) < 4.78 is 23.9. The Bertz CT molecular complexity index is 552. The zero-order chi connectivity index (χ0) is 13.1. The maximum atomic E-state index is 13.4. The Balaban J connectivity index is 1.73. The van der Waals surface area contributed by atoms with Crippen molar-refractivity contribution in [1.29, 1.82) is 0 Å². The highest BCUT2D eigenvalue weighted by atomic mass is 19.1. The van der Waals surface area contributed by atoms with E-state index in [9.17, 15) is 4.39 Å². The molecule has 5 nitrogen and oxygen atoms in total. The summed E-state index contributed by atoms with van der Waals surface area (Å²) >= 11 is 0. The van der Waals surface area contributed by atoms with E-state index in [-0.39, 0.29) is 17.7 Å². The molecule has 0 spiro atoms. The van der Waals surface area contributed by atoms with E-state index >= 15 is 0 Å². The van der Waals surface area contributed by atoms with Crippen LogP contribution in [0.5, 0.6) is 11.8 Å². The molecule has 1 saturated heterocycles. The first-order valence-corrected chi connectivity index (χ1v) is 6.29. The summed E-state index contributed by atoms with van der Waals surface area (Å²) in [6.45, 7) is 1.84. The number of piperidine rings is 1. The minimum Gasteiger partial charge on any atom is -0.419 e. The number of aromatic nitrogens is 2. The normalized spacial score (nSPS) is 19.3. The predicted octanol–water partition coefficient (Wildman–Crippen LogP) is 2.47. The molecule has 1 N–H and O–H groups in total. The van der Waals surface area contributed by atoms with Crippen molar-refractivity contribution < 1.29 is 13.7 Å². The van der Waals surface area contributed by atoms with Gasteiger partial charge in [0, 0.05) is 6.54 Å². The molecule has 1 aromatic heterocycles. The van der Waals surface area contributed by atoms with Gasteiger partial charge in [-0.3, -0.25) is 0 Å². The quantitative estimate of drug-likeness (QED) is 0.921.